The van der Waals surface area contributed by atoms with E-state index in [-0.39, 0.29) is 0 Å². The van der Waals surface area contributed by atoms with Crippen LogP contribution in [0.1, 0.15) is 12.8 Å². The molecule has 1 aliphatic heterocycles. The Morgan fingerprint density at radius 1 is 1.42 bits per heavy atom. The summed E-state index contributed by atoms with van der Waals surface area (Å²) in [7, 11) is -2.94. The summed E-state index contributed by atoms with van der Waals surface area (Å²) in [4.78, 5) is 0. The molecule has 0 amide bonds. The fourth-order valence-electron chi connectivity index (χ4n) is 1.40. The highest BCUT2D eigenvalue weighted by Gasteiger charge is 2.23. The Hall–Kier alpha value is 0.390. The molecule has 0 saturated carbocycles. The molecule has 3 nitrogen and oxygen atoms in total. The molecule has 5 heteroatoms. The highest BCUT2D eigenvalue weighted by atomic mass is 79.9. The Morgan fingerprint density at radius 2 is 1.92 bits per heavy atom. The van der Waals surface area contributed by atoms with Crippen LogP contribution in [0.25, 0.3) is 0 Å². The van der Waals surface area contributed by atoms with Crippen LogP contribution in [-0.2, 0) is 10.0 Å². The van der Waals surface area contributed by atoms with Crippen molar-refractivity contribution in [1.82, 2.24) is 4.31 Å². The maximum Gasteiger partial charge on any atom is 0.211 e. The molecule has 0 atom stereocenters. The average molecular weight is 256 g/mol. The summed E-state index contributed by atoms with van der Waals surface area (Å²) >= 11 is 3.41. The number of hydrogen-bond acceptors (Lipinski definition) is 2. The number of halogens is 1. The Morgan fingerprint density at radius 3 is 2.25 bits per heavy atom. The van der Waals surface area contributed by atoms with Crippen molar-refractivity contribution < 1.29 is 8.42 Å². The molecule has 0 radical (unpaired) electrons. The van der Waals surface area contributed by atoms with Gasteiger partial charge in [0.1, 0.15) is 0 Å². The van der Waals surface area contributed by atoms with Gasteiger partial charge in [-0.25, -0.2) is 12.7 Å². The van der Waals surface area contributed by atoms with Gasteiger partial charge in [0.2, 0.25) is 10.0 Å². The highest BCUT2D eigenvalue weighted by Crippen LogP contribution is 2.20. The first-order valence-corrected chi connectivity index (χ1v) is 7.02. The Labute approximate surface area is 82.3 Å². The molecule has 0 aromatic carbocycles. The van der Waals surface area contributed by atoms with Crippen LogP contribution in [0.15, 0.2) is 0 Å². The molecule has 0 aliphatic carbocycles. The molecule has 12 heavy (non-hydrogen) atoms. The molecule has 1 aliphatic rings. The van der Waals surface area contributed by atoms with Gasteiger partial charge in [0.15, 0.2) is 0 Å². The van der Waals surface area contributed by atoms with Crippen LogP contribution in [0.5, 0.6) is 0 Å². The fourth-order valence-corrected chi connectivity index (χ4v) is 2.92. The lowest BCUT2D eigenvalue weighted by Crippen LogP contribution is -2.38. The van der Waals surface area contributed by atoms with Gasteiger partial charge in [-0.05, 0) is 18.8 Å². The number of alkyl halides is 1. The molecule has 1 rings (SSSR count). The monoisotopic (exact) mass is 255 g/mol. The first kappa shape index (κ1) is 10.5. The van der Waals surface area contributed by atoms with Crippen LogP contribution in [0.2, 0.25) is 0 Å². The lowest BCUT2D eigenvalue weighted by Gasteiger charge is -2.28. The first-order valence-electron chi connectivity index (χ1n) is 4.05. The van der Waals surface area contributed by atoms with Crippen molar-refractivity contribution in [1.29, 1.82) is 0 Å². The summed E-state index contributed by atoms with van der Waals surface area (Å²) in [6, 6.07) is 0. The maximum absolute atomic E-state index is 11.1. The maximum atomic E-state index is 11.1. The summed E-state index contributed by atoms with van der Waals surface area (Å²) in [5.41, 5.74) is 0. The van der Waals surface area contributed by atoms with E-state index >= 15 is 0 Å². The van der Waals surface area contributed by atoms with Crippen molar-refractivity contribution >= 4 is 26.0 Å². The molecule has 0 N–H and O–H groups in total. The smallest absolute Gasteiger partial charge is 0.211 e. The predicted molar refractivity (Wildman–Crippen MR) is 52.9 cm³/mol. The standard InChI is InChI=1S/C7H14BrNO2S/c1-12(10,11)9-4-2-7(6-8)3-5-9/h7H,2-6H2,1H3. The molecule has 1 fully saturated rings. The summed E-state index contributed by atoms with van der Waals surface area (Å²) in [6.07, 6.45) is 3.25. The van der Waals surface area contributed by atoms with Crippen LogP contribution < -0.4 is 0 Å². The molecule has 1 heterocycles. The van der Waals surface area contributed by atoms with Gasteiger partial charge in [0, 0.05) is 18.4 Å². The summed E-state index contributed by atoms with van der Waals surface area (Å²) < 4.78 is 23.8. The molecule has 1 saturated heterocycles. The van der Waals surface area contributed by atoms with Gasteiger partial charge in [-0.15, -0.1) is 0 Å². The fraction of sp³-hybridized carbons (Fsp3) is 1.00. The van der Waals surface area contributed by atoms with Crippen LogP contribution in [0.3, 0.4) is 0 Å². The van der Waals surface area contributed by atoms with Crippen LogP contribution in [0, 0.1) is 5.92 Å². The Balaban J connectivity index is 2.47. The number of nitrogens with zero attached hydrogens (tertiary/aromatic N) is 1. The third-order valence-electron chi connectivity index (χ3n) is 2.26. The second kappa shape index (κ2) is 4.07. The van der Waals surface area contributed by atoms with E-state index in [0.29, 0.717) is 19.0 Å². The van der Waals surface area contributed by atoms with Gasteiger partial charge in [0.25, 0.3) is 0 Å². The lowest BCUT2D eigenvalue weighted by atomic mass is 10.0. The van der Waals surface area contributed by atoms with E-state index < -0.39 is 10.0 Å². The van der Waals surface area contributed by atoms with Gasteiger partial charge < -0.3 is 0 Å². The van der Waals surface area contributed by atoms with E-state index in [4.69, 9.17) is 0 Å². The topological polar surface area (TPSA) is 37.4 Å². The molecule has 0 spiro atoms. The number of rotatable bonds is 2. The molecular formula is C7H14BrNO2S. The number of piperidine rings is 1. The third-order valence-corrected chi connectivity index (χ3v) is 4.48. The second-order valence-corrected chi connectivity index (χ2v) is 5.89. The molecule has 72 valence electrons. The van der Waals surface area contributed by atoms with Crippen LogP contribution >= 0.6 is 15.9 Å². The second-order valence-electron chi connectivity index (χ2n) is 3.26. The van der Waals surface area contributed by atoms with Crippen molar-refractivity contribution in [2.24, 2.45) is 5.92 Å². The Bertz CT molecular complexity index is 232. The number of hydrogen-bond donors (Lipinski definition) is 0. The summed E-state index contributed by atoms with van der Waals surface area (Å²) in [6.45, 7) is 1.38. The largest absolute Gasteiger partial charge is 0.213 e. The molecule has 0 unspecified atom stereocenters. The minimum absolute atomic E-state index is 0.656. The zero-order valence-corrected chi connectivity index (χ0v) is 9.57. The van der Waals surface area contributed by atoms with E-state index in [9.17, 15) is 8.42 Å². The highest BCUT2D eigenvalue weighted by molar-refractivity contribution is 9.09. The lowest BCUT2D eigenvalue weighted by molar-refractivity contribution is 0.293. The molecule has 0 aromatic rings. The summed E-state index contributed by atoms with van der Waals surface area (Å²) in [5, 5.41) is 0.991. The van der Waals surface area contributed by atoms with Crippen molar-refractivity contribution in [3.8, 4) is 0 Å². The van der Waals surface area contributed by atoms with Crippen molar-refractivity contribution in [3.63, 3.8) is 0 Å². The van der Waals surface area contributed by atoms with E-state index in [1.54, 1.807) is 4.31 Å². The minimum atomic E-state index is -2.94. The minimum Gasteiger partial charge on any atom is -0.213 e. The van der Waals surface area contributed by atoms with Crippen LogP contribution in [0.4, 0.5) is 0 Å². The van der Waals surface area contributed by atoms with E-state index in [0.717, 1.165) is 18.2 Å². The van der Waals surface area contributed by atoms with E-state index in [1.807, 2.05) is 0 Å². The van der Waals surface area contributed by atoms with E-state index in [1.165, 1.54) is 6.26 Å². The van der Waals surface area contributed by atoms with Crippen molar-refractivity contribution in [2.45, 2.75) is 12.8 Å². The van der Waals surface area contributed by atoms with Crippen molar-refractivity contribution in [2.75, 3.05) is 24.7 Å². The summed E-state index contributed by atoms with van der Waals surface area (Å²) in [5.74, 6) is 0.656. The van der Waals surface area contributed by atoms with Gasteiger partial charge in [-0.2, -0.15) is 0 Å². The quantitative estimate of drug-likeness (QED) is 0.692. The van der Waals surface area contributed by atoms with E-state index in [2.05, 4.69) is 15.9 Å². The third kappa shape index (κ3) is 2.71. The molecule has 0 bridgehead atoms. The number of sulfonamides is 1. The van der Waals surface area contributed by atoms with Gasteiger partial charge in [-0.1, -0.05) is 15.9 Å². The van der Waals surface area contributed by atoms with Gasteiger partial charge in [-0.3, -0.25) is 0 Å². The zero-order chi connectivity index (χ0) is 9.19. The normalized spacial score (nSPS) is 22.8. The Kier molecular flexibility index (Phi) is 3.55. The van der Waals surface area contributed by atoms with Gasteiger partial charge >= 0.3 is 0 Å². The molecular weight excluding hydrogens is 242 g/mol. The van der Waals surface area contributed by atoms with Crippen LogP contribution in [-0.4, -0.2) is 37.4 Å². The SMILES string of the molecule is CS(=O)(=O)N1CCC(CBr)CC1. The average Bonchev–Trinajstić information content (AvgIpc) is 2.03. The molecule has 0 aromatic heterocycles. The zero-order valence-electron chi connectivity index (χ0n) is 7.16. The predicted octanol–water partition coefficient (Wildman–Crippen LogP) is 1.05. The van der Waals surface area contributed by atoms with Gasteiger partial charge in [0.05, 0.1) is 6.26 Å². The van der Waals surface area contributed by atoms with Crippen molar-refractivity contribution in [3.05, 3.63) is 0 Å². The first-order chi connectivity index (χ1) is 5.54.